The van der Waals surface area contributed by atoms with Crippen LogP contribution >= 0.6 is 15.9 Å². The highest BCUT2D eigenvalue weighted by Crippen LogP contribution is 2.33. The summed E-state index contributed by atoms with van der Waals surface area (Å²) in [7, 11) is 3.51. The highest BCUT2D eigenvalue weighted by atomic mass is 79.9. The molecule has 92 valence electrons. The average Bonchev–Trinajstić information content (AvgIpc) is 2.35. The number of hydrogen-bond acceptors (Lipinski definition) is 3. The van der Waals surface area contributed by atoms with Crippen molar-refractivity contribution in [3.8, 4) is 11.8 Å². The molecule has 0 aliphatic rings. The first-order valence-electron chi connectivity index (χ1n) is 5.58. The van der Waals surface area contributed by atoms with Gasteiger partial charge in [-0.15, -0.1) is 0 Å². The first kappa shape index (κ1) is 14.0. The summed E-state index contributed by atoms with van der Waals surface area (Å²) in [5.74, 6) is 0.740. The Morgan fingerprint density at radius 3 is 2.71 bits per heavy atom. The molecule has 4 heteroatoms. The van der Waals surface area contributed by atoms with Gasteiger partial charge in [0, 0.05) is 10.0 Å². The van der Waals surface area contributed by atoms with Crippen molar-refractivity contribution in [2.24, 2.45) is 5.92 Å². The fourth-order valence-corrected chi connectivity index (χ4v) is 2.30. The number of nitriles is 1. The molecule has 0 aliphatic carbocycles. The van der Waals surface area contributed by atoms with Crippen LogP contribution in [0.1, 0.15) is 24.9 Å². The normalized spacial score (nSPS) is 13.8. The highest BCUT2D eigenvalue weighted by Gasteiger charge is 2.23. The molecular weight excluding hydrogens is 280 g/mol. The molecule has 1 aromatic rings. The molecule has 2 unspecified atom stereocenters. The summed E-state index contributed by atoms with van der Waals surface area (Å²) in [5, 5.41) is 12.4. The Balaban J connectivity index is 3.19. The lowest BCUT2D eigenvalue weighted by atomic mass is 9.91. The maximum absolute atomic E-state index is 9.18. The Kier molecular flexibility index (Phi) is 5.46. The first-order valence-corrected chi connectivity index (χ1v) is 6.37. The van der Waals surface area contributed by atoms with Crippen LogP contribution in [0.15, 0.2) is 22.7 Å². The minimum atomic E-state index is -0.0665. The first-order chi connectivity index (χ1) is 8.17. The minimum absolute atomic E-state index is 0.0163. The molecule has 0 aliphatic heterocycles. The number of nitrogens with one attached hydrogen (secondary N) is 1. The van der Waals surface area contributed by atoms with Crippen molar-refractivity contribution in [2.75, 3.05) is 14.2 Å². The van der Waals surface area contributed by atoms with E-state index in [1.54, 1.807) is 7.11 Å². The number of ether oxygens (including phenoxy) is 1. The second kappa shape index (κ2) is 6.63. The fourth-order valence-electron chi connectivity index (χ4n) is 1.92. The van der Waals surface area contributed by atoms with Crippen molar-refractivity contribution in [1.29, 1.82) is 5.26 Å². The molecule has 1 rings (SSSR count). The molecule has 1 N–H and O–H groups in total. The van der Waals surface area contributed by atoms with Gasteiger partial charge in [0.2, 0.25) is 0 Å². The van der Waals surface area contributed by atoms with E-state index >= 15 is 0 Å². The standard InChI is InChI=1S/C13H17BrN2O/c1-4-9(8-15)13(16-2)11-7-10(14)5-6-12(11)17-3/h5-7,9,13,16H,4H2,1-3H3. The van der Waals surface area contributed by atoms with Gasteiger partial charge < -0.3 is 10.1 Å². The molecule has 0 saturated heterocycles. The van der Waals surface area contributed by atoms with Crippen LogP contribution in [0.2, 0.25) is 0 Å². The largest absolute Gasteiger partial charge is 0.496 e. The lowest BCUT2D eigenvalue weighted by molar-refractivity contribution is 0.384. The average molecular weight is 297 g/mol. The van der Waals surface area contributed by atoms with E-state index in [1.165, 1.54) is 0 Å². The van der Waals surface area contributed by atoms with Gasteiger partial charge in [-0.25, -0.2) is 0 Å². The molecule has 0 spiro atoms. The quantitative estimate of drug-likeness (QED) is 0.907. The Labute approximate surface area is 111 Å². The SMILES string of the molecule is CCC(C#N)C(NC)c1cc(Br)ccc1OC. The Bertz CT molecular complexity index is 414. The van der Waals surface area contributed by atoms with Gasteiger partial charge in [0.1, 0.15) is 5.75 Å². The molecule has 0 aromatic heterocycles. The molecule has 3 nitrogen and oxygen atoms in total. The maximum Gasteiger partial charge on any atom is 0.123 e. The van der Waals surface area contributed by atoms with Crippen LogP contribution < -0.4 is 10.1 Å². The van der Waals surface area contributed by atoms with Gasteiger partial charge in [0.25, 0.3) is 0 Å². The van der Waals surface area contributed by atoms with E-state index in [4.69, 9.17) is 4.74 Å². The molecule has 17 heavy (non-hydrogen) atoms. The number of methoxy groups -OCH3 is 1. The fraction of sp³-hybridized carbons (Fsp3) is 0.462. The topological polar surface area (TPSA) is 45.0 Å². The van der Waals surface area contributed by atoms with Crippen LogP contribution in [0.3, 0.4) is 0 Å². The number of benzene rings is 1. The lowest BCUT2D eigenvalue weighted by Gasteiger charge is -2.23. The second-order valence-corrected chi connectivity index (χ2v) is 4.71. The zero-order valence-corrected chi connectivity index (χ0v) is 11.9. The van der Waals surface area contributed by atoms with Crippen molar-refractivity contribution < 1.29 is 4.74 Å². The molecule has 2 atom stereocenters. The summed E-state index contributed by atoms with van der Waals surface area (Å²) in [6, 6.07) is 8.17. The summed E-state index contributed by atoms with van der Waals surface area (Å²) in [5.41, 5.74) is 1.01. The van der Waals surface area contributed by atoms with E-state index in [2.05, 4.69) is 27.3 Å². The van der Waals surface area contributed by atoms with Crippen LogP contribution in [-0.4, -0.2) is 14.2 Å². The van der Waals surface area contributed by atoms with Gasteiger partial charge in [0.05, 0.1) is 25.1 Å². The molecule has 0 heterocycles. The van der Waals surface area contributed by atoms with E-state index in [0.717, 1.165) is 22.2 Å². The van der Waals surface area contributed by atoms with E-state index in [1.807, 2.05) is 32.2 Å². The van der Waals surface area contributed by atoms with E-state index in [-0.39, 0.29) is 12.0 Å². The lowest BCUT2D eigenvalue weighted by Crippen LogP contribution is -2.24. The van der Waals surface area contributed by atoms with Crippen LogP contribution in [0.4, 0.5) is 0 Å². The maximum atomic E-state index is 9.18. The van der Waals surface area contributed by atoms with E-state index < -0.39 is 0 Å². The monoisotopic (exact) mass is 296 g/mol. The number of rotatable bonds is 5. The summed E-state index contributed by atoms with van der Waals surface area (Å²) in [6.45, 7) is 2.02. The summed E-state index contributed by atoms with van der Waals surface area (Å²) in [4.78, 5) is 0. The summed E-state index contributed by atoms with van der Waals surface area (Å²) >= 11 is 3.45. The van der Waals surface area contributed by atoms with Crippen molar-refractivity contribution in [3.05, 3.63) is 28.2 Å². The van der Waals surface area contributed by atoms with Crippen LogP contribution in [-0.2, 0) is 0 Å². The van der Waals surface area contributed by atoms with Gasteiger partial charge >= 0.3 is 0 Å². The van der Waals surface area contributed by atoms with Gasteiger partial charge in [-0.1, -0.05) is 22.9 Å². The highest BCUT2D eigenvalue weighted by molar-refractivity contribution is 9.10. The van der Waals surface area contributed by atoms with E-state index in [0.29, 0.717) is 0 Å². The Hall–Kier alpha value is -1.05. The number of hydrogen-bond donors (Lipinski definition) is 1. The van der Waals surface area contributed by atoms with Gasteiger partial charge in [-0.3, -0.25) is 0 Å². The van der Waals surface area contributed by atoms with Crippen molar-refractivity contribution in [3.63, 3.8) is 0 Å². The van der Waals surface area contributed by atoms with Crippen molar-refractivity contribution >= 4 is 15.9 Å². The molecule has 0 fully saturated rings. The number of nitrogens with zero attached hydrogens (tertiary/aromatic N) is 1. The minimum Gasteiger partial charge on any atom is -0.496 e. The van der Waals surface area contributed by atoms with Gasteiger partial charge in [-0.2, -0.15) is 5.26 Å². The predicted molar refractivity (Wildman–Crippen MR) is 71.9 cm³/mol. The zero-order valence-electron chi connectivity index (χ0n) is 10.3. The smallest absolute Gasteiger partial charge is 0.123 e. The summed E-state index contributed by atoms with van der Waals surface area (Å²) < 4.78 is 6.34. The van der Waals surface area contributed by atoms with Crippen LogP contribution in [0.5, 0.6) is 5.75 Å². The van der Waals surface area contributed by atoms with Gasteiger partial charge in [-0.05, 0) is 31.7 Å². The zero-order chi connectivity index (χ0) is 12.8. The summed E-state index contributed by atoms with van der Waals surface area (Å²) in [6.07, 6.45) is 0.803. The van der Waals surface area contributed by atoms with Gasteiger partial charge in [0.15, 0.2) is 0 Å². The van der Waals surface area contributed by atoms with Crippen molar-refractivity contribution in [2.45, 2.75) is 19.4 Å². The Morgan fingerprint density at radius 1 is 1.53 bits per heavy atom. The van der Waals surface area contributed by atoms with E-state index in [9.17, 15) is 5.26 Å². The third-order valence-corrected chi connectivity index (χ3v) is 3.34. The molecule has 0 radical (unpaired) electrons. The molecule has 0 saturated carbocycles. The second-order valence-electron chi connectivity index (χ2n) is 3.80. The number of halogens is 1. The van der Waals surface area contributed by atoms with Crippen LogP contribution in [0, 0.1) is 17.2 Å². The van der Waals surface area contributed by atoms with Crippen LogP contribution in [0.25, 0.3) is 0 Å². The third kappa shape index (κ3) is 3.21. The molecule has 0 amide bonds. The predicted octanol–water partition coefficient (Wildman–Crippen LogP) is 3.27. The Morgan fingerprint density at radius 2 is 2.24 bits per heavy atom. The third-order valence-electron chi connectivity index (χ3n) is 2.85. The van der Waals surface area contributed by atoms with Crippen molar-refractivity contribution in [1.82, 2.24) is 5.32 Å². The molecule has 0 bridgehead atoms. The molecule has 1 aromatic carbocycles. The molecular formula is C13H17BrN2O.